The van der Waals surface area contributed by atoms with E-state index in [4.69, 9.17) is 4.74 Å². The second-order valence-electron chi connectivity index (χ2n) is 9.50. The van der Waals surface area contributed by atoms with E-state index in [1.807, 2.05) is 60.7 Å². The van der Waals surface area contributed by atoms with Gasteiger partial charge in [0.15, 0.2) is 0 Å². The molecule has 4 nitrogen and oxygen atoms in total. The zero-order chi connectivity index (χ0) is 25.1. The molecule has 4 aromatic carbocycles. The lowest BCUT2D eigenvalue weighted by atomic mass is 9.83. The Balaban J connectivity index is 0.00000320. The van der Waals surface area contributed by atoms with Gasteiger partial charge >= 0.3 is 5.97 Å². The van der Waals surface area contributed by atoms with Crippen LogP contribution in [0.2, 0.25) is 0 Å². The smallest absolute Gasteiger partial charge is 0.335 e. The molecule has 5 rings (SSSR count). The van der Waals surface area contributed by atoms with Crippen LogP contribution in [0.3, 0.4) is 0 Å². The first kappa shape index (κ1) is 26.6. The number of hydrogen-bond acceptors (Lipinski definition) is 3. The summed E-state index contributed by atoms with van der Waals surface area (Å²) in [5, 5.41) is 14.6. The number of fused-ring (bicyclic) bond motifs is 2. The lowest BCUT2D eigenvalue weighted by Gasteiger charge is -2.33. The van der Waals surface area contributed by atoms with Crippen LogP contribution in [0.15, 0.2) is 84.9 Å². The second kappa shape index (κ2) is 11.8. The van der Waals surface area contributed by atoms with Crippen molar-refractivity contribution in [3.63, 3.8) is 0 Å². The number of rotatable bonds is 8. The number of hydrogen-bond donors (Lipinski definition) is 2. The van der Waals surface area contributed by atoms with Crippen molar-refractivity contribution in [1.29, 1.82) is 0 Å². The number of nitrogens with one attached hydrogen (secondary N) is 1. The maximum Gasteiger partial charge on any atom is 0.335 e. The van der Waals surface area contributed by atoms with E-state index in [1.54, 1.807) is 18.2 Å². The molecule has 0 saturated carbocycles. The summed E-state index contributed by atoms with van der Waals surface area (Å²) in [6.45, 7) is 2.92. The molecule has 0 bridgehead atoms. The van der Waals surface area contributed by atoms with Crippen LogP contribution in [-0.4, -0.2) is 23.7 Å². The molecule has 2 unspecified atom stereocenters. The van der Waals surface area contributed by atoms with Crippen molar-refractivity contribution in [3.05, 3.63) is 113 Å². The normalized spacial score (nSPS) is 17.4. The molecule has 1 aliphatic rings. The van der Waals surface area contributed by atoms with Crippen LogP contribution in [-0.2, 0) is 0 Å². The highest BCUT2D eigenvalue weighted by Gasteiger charge is 2.29. The van der Waals surface area contributed by atoms with Crippen LogP contribution < -0.4 is 10.1 Å². The molecule has 37 heavy (non-hydrogen) atoms. The highest BCUT2D eigenvalue weighted by Crippen LogP contribution is 2.41. The first-order chi connectivity index (χ1) is 17.5. The number of aromatic carboxylic acids is 1. The molecule has 0 spiro atoms. The van der Waals surface area contributed by atoms with Gasteiger partial charge in [0.05, 0.1) is 11.7 Å². The van der Waals surface area contributed by atoms with Crippen molar-refractivity contribution in [2.45, 2.75) is 44.2 Å². The summed E-state index contributed by atoms with van der Waals surface area (Å²) in [5.41, 5.74) is 3.50. The van der Waals surface area contributed by atoms with Gasteiger partial charge in [-0.15, -0.1) is 12.4 Å². The lowest BCUT2D eigenvalue weighted by Crippen LogP contribution is -2.28. The first-order valence-corrected chi connectivity index (χ1v) is 12.5. The summed E-state index contributed by atoms with van der Waals surface area (Å²) >= 11 is 0. The molecule has 1 aliphatic heterocycles. The Kier molecular flexibility index (Phi) is 8.47. The minimum atomic E-state index is -0.914. The van der Waals surface area contributed by atoms with E-state index < -0.39 is 5.97 Å². The van der Waals surface area contributed by atoms with Crippen molar-refractivity contribution in [2.24, 2.45) is 0 Å². The summed E-state index contributed by atoms with van der Waals surface area (Å²) in [5.74, 6) is -0.141. The maximum absolute atomic E-state index is 14.2. The van der Waals surface area contributed by atoms with Gasteiger partial charge in [-0.25, -0.2) is 9.18 Å². The van der Waals surface area contributed by atoms with E-state index in [-0.39, 0.29) is 36.3 Å². The third kappa shape index (κ3) is 5.79. The van der Waals surface area contributed by atoms with E-state index in [1.165, 1.54) is 0 Å². The third-order valence-corrected chi connectivity index (χ3v) is 7.15. The molecular formula is C31H31ClFNO3. The van der Waals surface area contributed by atoms with Crippen LogP contribution in [0.4, 0.5) is 4.39 Å². The molecule has 0 saturated heterocycles. The molecule has 192 valence electrons. The number of carboxylic acid groups (broad SMARTS) is 1. The third-order valence-electron chi connectivity index (χ3n) is 7.15. The topological polar surface area (TPSA) is 58.6 Å². The van der Waals surface area contributed by atoms with Crippen LogP contribution in [0.5, 0.6) is 5.75 Å². The molecule has 3 atom stereocenters. The molecule has 6 heteroatoms. The van der Waals surface area contributed by atoms with E-state index in [0.717, 1.165) is 53.6 Å². The largest absolute Gasteiger partial charge is 0.490 e. The zero-order valence-electron chi connectivity index (χ0n) is 20.7. The summed E-state index contributed by atoms with van der Waals surface area (Å²) < 4.78 is 20.5. The van der Waals surface area contributed by atoms with Crippen LogP contribution in [0.1, 0.15) is 65.2 Å². The van der Waals surface area contributed by atoms with Gasteiger partial charge < -0.3 is 15.2 Å². The minimum Gasteiger partial charge on any atom is -0.490 e. The number of carbonyl (C=O) groups is 1. The molecule has 0 aromatic heterocycles. The Labute approximate surface area is 222 Å². The average Bonchev–Trinajstić information content (AvgIpc) is 2.91. The number of para-hydroxylation sites is 1. The number of benzene rings is 4. The van der Waals surface area contributed by atoms with Crippen molar-refractivity contribution in [3.8, 4) is 5.75 Å². The summed E-state index contributed by atoms with van der Waals surface area (Å²) in [6, 6.07) is 26.4. The average molecular weight is 520 g/mol. The standard InChI is InChI=1S/C31H30FNO3.ClH/c1-20(24-15-16-29(32)26-12-3-2-11-25(24)26)33-17-7-10-23-19-28(27-13-4-5-14-30(27)36-23)21-8-6-9-22(18-21)31(34)35;/h2-6,8-9,11-16,18,20,23,28,33H,7,10,17,19H2,1H3,(H,34,35);1H/t20-,23?,28?;/m1./s1. The van der Waals surface area contributed by atoms with Crippen molar-refractivity contribution >= 4 is 29.1 Å². The molecule has 2 N–H and O–H groups in total. The van der Waals surface area contributed by atoms with Crippen LogP contribution in [0.25, 0.3) is 10.8 Å². The molecular weight excluding hydrogens is 489 g/mol. The summed E-state index contributed by atoms with van der Waals surface area (Å²) in [7, 11) is 0. The van der Waals surface area contributed by atoms with Gasteiger partial charge in [-0.1, -0.05) is 60.7 Å². The highest BCUT2D eigenvalue weighted by molar-refractivity contribution is 5.88. The lowest BCUT2D eigenvalue weighted by molar-refractivity contribution is 0.0696. The van der Waals surface area contributed by atoms with E-state index in [2.05, 4.69) is 18.3 Å². The Bertz CT molecular complexity index is 1390. The predicted octanol–water partition coefficient (Wildman–Crippen LogP) is 7.51. The van der Waals surface area contributed by atoms with Crippen LogP contribution in [0, 0.1) is 5.82 Å². The predicted molar refractivity (Wildman–Crippen MR) is 148 cm³/mol. The number of carboxylic acids is 1. The fourth-order valence-electron chi connectivity index (χ4n) is 5.30. The minimum absolute atomic E-state index is 0. The zero-order valence-corrected chi connectivity index (χ0v) is 21.5. The quantitative estimate of drug-likeness (QED) is 0.236. The molecule has 0 aliphatic carbocycles. The van der Waals surface area contributed by atoms with Gasteiger partial charge in [0.25, 0.3) is 0 Å². The molecule has 0 amide bonds. The Morgan fingerprint density at radius 2 is 1.78 bits per heavy atom. The molecule has 0 fully saturated rings. The van der Waals surface area contributed by atoms with Crippen molar-refractivity contribution < 1.29 is 19.0 Å². The second-order valence-corrected chi connectivity index (χ2v) is 9.50. The molecule has 4 aromatic rings. The fraction of sp³-hybridized carbons (Fsp3) is 0.258. The Morgan fingerprint density at radius 3 is 2.59 bits per heavy atom. The van der Waals surface area contributed by atoms with Gasteiger partial charge in [0.2, 0.25) is 0 Å². The number of halogens is 2. The van der Waals surface area contributed by atoms with Gasteiger partial charge in [-0.2, -0.15) is 0 Å². The Morgan fingerprint density at radius 1 is 1.03 bits per heavy atom. The van der Waals surface area contributed by atoms with E-state index >= 15 is 0 Å². The first-order valence-electron chi connectivity index (χ1n) is 12.5. The van der Waals surface area contributed by atoms with E-state index in [0.29, 0.717) is 10.9 Å². The van der Waals surface area contributed by atoms with Gasteiger partial charge in [-0.3, -0.25) is 0 Å². The maximum atomic E-state index is 14.2. The Hall–Kier alpha value is -3.41. The summed E-state index contributed by atoms with van der Waals surface area (Å²) in [4.78, 5) is 11.5. The molecule has 1 heterocycles. The van der Waals surface area contributed by atoms with Crippen LogP contribution >= 0.6 is 12.4 Å². The highest BCUT2D eigenvalue weighted by atomic mass is 35.5. The monoisotopic (exact) mass is 519 g/mol. The SMILES string of the molecule is C[C@@H](NCCCC1CC(c2cccc(C(=O)O)c2)c2ccccc2O1)c1ccc(F)c2ccccc12.Cl. The van der Waals surface area contributed by atoms with Gasteiger partial charge in [-0.05, 0) is 73.5 Å². The van der Waals surface area contributed by atoms with Gasteiger partial charge in [0.1, 0.15) is 11.6 Å². The summed E-state index contributed by atoms with van der Waals surface area (Å²) in [6.07, 6.45) is 2.66. The molecule has 0 radical (unpaired) electrons. The van der Waals surface area contributed by atoms with E-state index in [9.17, 15) is 14.3 Å². The fourth-order valence-corrected chi connectivity index (χ4v) is 5.30. The van der Waals surface area contributed by atoms with Crippen molar-refractivity contribution in [2.75, 3.05) is 6.54 Å². The van der Waals surface area contributed by atoms with Crippen molar-refractivity contribution in [1.82, 2.24) is 5.32 Å². The number of ether oxygens (including phenoxy) is 1. The van der Waals surface area contributed by atoms with Gasteiger partial charge in [0, 0.05) is 22.9 Å².